The van der Waals surface area contributed by atoms with Gasteiger partial charge in [0.15, 0.2) is 0 Å². The normalized spacial score (nSPS) is 19.4. The summed E-state index contributed by atoms with van der Waals surface area (Å²) >= 11 is 0. The maximum Gasteiger partial charge on any atom is 0.251 e. The molecule has 1 aliphatic carbocycles. The summed E-state index contributed by atoms with van der Waals surface area (Å²) in [5.74, 6) is 0.0700. The molecule has 0 unspecified atom stereocenters. The maximum atomic E-state index is 12.7. The first-order valence-corrected chi connectivity index (χ1v) is 12.7. The number of nitrogens with zero attached hydrogens (tertiary/aromatic N) is 1. The molecule has 2 fully saturated rings. The van der Waals surface area contributed by atoms with Crippen molar-refractivity contribution in [2.45, 2.75) is 64.3 Å². The number of anilines is 1. The number of hydrogen-bond donors (Lipinski definition) is 2. The van der Waals surface area contributed by atoms with Crippen LogP contribution in [0, 0.1) is 5.92 Å². The zero-order valence-electron chi connectivity index (χ0n) is 17.7. The van der Waals surface area contributed by atoms with Crippen LogP contribution in [0.5, 0.6) is 0 Å². The number of rotatable bonds is 7. The van der Waals surface area contributed by atoms with Crippen molar-refractivity contribution in [3.05, 3.63) is 29.8 Å². The number of carbonyl (C=O) groups is 2. The van der Waals surface area contributed by atoms with Crippen LogP contribution in [0.4, 0.5) is 5.69 Å². The van der Waals surface area contributed by atoms with Gasteiger partial charge >= 0.3 is 0 Å². The highest BCUT2D eigenvalue weighted by Gasteiger charge is 2.28. The van der Waals surface area contributed by atoms with E-state index in [0.29, 0.717) is 43.6 Å². The lowest BCUT2D eigenvalue weighted by Crippen LogP contribution is -2.47. The summed E-state index contributed by atoms with van der Waals surface area (Å²) in [4.78, 5) is 25.1. The molecule has 30 heavy (non-hydrogen) atoms. The van der Waals surface area contributed by atoms with Gasteiger partial charge in [0, 0.05) is 36.3 Å². The molecule has 166 valence electrons. The van der Waals surface area contributed by atoms with Crippen LogP contribution in [-0.4, -0.2) is 49.4 Å². The van der Waals surface area contributed by atoms with Crippen molar-refractivity contribution >= 4 is 27.5 Å². The first-order chi connectivity index (χ1) is 14.4. The summed E-state index contributed by atoms with van der Waals surface area (Å²) in [5, 5.41) is 5.96. The van der Waals surface area contributed by atoms with Gasteiger partial charge in [0.05, 0.1) is 5.75 Å². The molecule has 0 atom stereocenters. The second-order valence-electron chi connectivity index (χ2n) is 8.37. The standard InChI is InChI=1S/C22H33N3O4S/c1-2-15-30(28,29)25-13-11-19(12-14-25)23-22(27)18-9-6-10-20(16-18)24-21(26)17-7-4-3-5-8-17/h6,9-10,16-17,19H,2-5,7-8,11-15H2,1H3,(H,23,27)(H,24,26). The van der Waals surface area contributed by atoms with E-state index >= 15 is 0 Å². The van der Waals surface area contributed by atoms with Crippen molar-refractivity contribution in [3.8, 4) is 0 Å². The summed E-state index contributed by atoms with van der Waals surface area (Å²) in [5.41, 5.74) is 1.14. The van der Waals surface area contributed by atoms with Gasteiger partial charge in [0.1, 0.15) is 0 Å². The summed E-state index contributed by atoms with van der Waals surface area (Å²) in [6.07, 6.45) is 7.06. The summed E-state index contributed by atoms with van der Waals surface area (Å²) in [7, 11) is -3.18. The van der Waals surface area contributed by atoms with Crippen LogP contribution in [0.3, 0.4) is 0 Å². The Kier molecular flexibility index (Phi) is 7.88. The number of sulfonamides is 1. The van der Waals surface area contributed by atoms with Crippen molar-refractivity contribution in [1.29, 1.82) is 0 Å². The average molecular weight is 436 g/mol. The van der Waals surface area contributed by atoms with Crippen LogP contribution in [0.1, 0.15) is 68.6 Å². The molecule has 0 spiro atoms. The quantitative estimate of drug-likeness (QED) is 0.688. The van der Waals surface area contributed by atoms with E-state index in [1.54, 1.807) is 24.3 Å². The lowest BCUT2D eigenvalue weighted by atomic mass is 9.88. The van der Waals surface area contributed by atoms with Gasteiger partial charge in [0.2, 0.25) is 15.9 Å². The van der Waals surface area contributed by atoms with Crippen LogP contribution in [0.25, 0.3) is 0 Å². The fourth-order valence-electron chi connectivity index (χ4n) is 4.28. The SMILES string of the molecule is CCCS(=O)(=O)N1CCC(NC(=O)c2cccc(NC(=O)C3CCCCC3)c2)CC1. The van der Waals surface area contributed by atoms with E-state index in [1.807, 2.05) is 6.92 Å². The minimum atomic E-state index is -3.18. The van der Waals surface area contributed by atoms with E-state index in [0.717, 1.165) is 25.7 Å². The largest absolute Gasteiger partial charge is 0.349 e. The Labute approximate surface area is 179 Å². The van der Waals surface area contributed by atoms with E-state index < -0.39 is 10.0 Å². The summed E-state index contributed by atoms with van der Waals surface area (Å²) < 4.78 is 25.9. The van der Waals surface area contributed by atoms with Crippen molar-refractivity contribution in [2.24, 2.45) is 5.92 Å². The van der Waals surface area contributed by atoms with Crippen molar-refractivity contribution in [1.82, 2.24) is 9.62 Å². The smallest absolute Gasteiger partial charge is 0.251 e. The predicted octanol–water partition coefficient (Wildman–Crippen LogP) is 3.14. The first-order valence-electron chi connectivity index (χ1n) is 11.1. The molecule has 2 N–H and O–H groups in total. The van der Waals surface area contributed by atoms with E-state index in [9.17, 15) is 18.0 Å². The van der Waals surface area contributed by atoms with E-state index in [1.165, 1.54) is 10.7 Å². The van der Waals surface area contributed by atoms with Crippen LogP contribution in [0.15, 0.2) is 24.3 Å². The Morgan fingerprint density at radius 3 is 2.43 bits per heavy atom. The number of piperidine rings is 1. The number of nitrogens with one attached hydrogen (secondary N) is 2. The lowest BCUT2D eigenvalue weighted by molar-refractivity contribution is -0.120. The zero-order valence-corrected chi connectivity index (χ0v) is 18.5. The molecule has 1 aromatic carbocycles. The van der Waals surface area contributed by atoms with Gasteiger partial charge in [0.25, 0.3) is 5.91 Å². The molecule has 0 bridgehead atoms. The third-order valence-corrected chi connectivity index (χ3v) is 8.09. The second kappa shape index (κ2) is 10.4. The average Bonchev–Trinajstić information content (AvgIpc) is 2.75. The van der Waals surface area contributed by atoms with Gasteiger partial charge in [-0.25, -0.2) is 12.7 Å². The molecule has 7 nitrogen and oxygen atoms in total. The van der Waals surface area contributed by atoms with E-state index in [4.69, 9.17) is 0 Å². The Morgan fingerprint density at radius 1 is 1.07 bits per heavy atom. The Balaban J connectivity index is 1.52. The molecule has 1 heterocycles. The van der Waals surface area contributed by atoms with Crippen LogP contribution >= 0.6 is 0 Å². The van der Waals surface area contributed by atoms with E-state index in [-0.39, 0.29) is 29.5 Å². The molecule has 1 saturated heterocycles. The first kappa shape index (κ1) is 22.7. The number of carbonyl (C=O) groups excluding carboxylic acids is 2. The molecule has 0 aromatic heterocycles. The number of hydrogen-bond acceptors (Lipinski definition) is 4. The second-order valence-corrected chi connectivity index (χ2v) is 10.5. The molecule has 8 heteroatoms. The minimum absolute atomic E-state index is 0.0351. The van der Waals surface area contributed by atoms with Gasteiger partial charge in [-0.05, 0) is 50.3 Å². The molecule has 2 aliphatic rings. The van der Waals surface area contributed by atoms with Crippen molar-refractivity contribution in [2.75, 3.05) is 24.2 Å². The molecule has 1 saturated carbocycles. The topological polar surface area (TPSA) is 95.6 Å². The molecule has 2 amide bonds. The van der Waals surface area contributed by atoms with Crippen molar-refractivity contribution < 1.29 is 18.0 Å². The Hall–Kier alpha value is -1.93. The highest BCUT2D eigenvalue weighted by atomic mass is 32.2. The minimum Gasteiger partial charge on any atom is -0.349 e. The van der Waals surface area contributed by atoms with Gasteiger partial charge in [-0.15, -0.1) is 0 Å². The molecule has 0 radical (unpaired) electrons. The van der Waals surface area contributed by atoms with E-state index in [2.05, 4.69) is 10.6 Å². The molecule has 1 aliphatic heterocycles. The van der Waals surface area contributed by atoms with Gasteiger partial charge < -0.3 is 10.6 Å². The Morgan fingerprint density at radius 2 is 1.77 bits per heavy atom. The van der Waals surface area contributed by atoms with Gasteiger partial charge in [-0.3, -0.25) is 9.59 Å². The third kappa shape index (κ3) is 6.04. The maximum absolute atomic E-state index is 12.7. The number of benzene rings is 1. The molecular formula is C22H33N3O4S. The molecule has 3 rings (SSSR count). The van der Waals surface area contributed by atoms with Crippen LogP contribution < -0.4 is 10.6 Å². The zero-order chi connectivity index (χ0) is 21.6. The highest BCUT2D eigenvalue weighted by Crippen LogP contribution is 2.25. The van der Waals surface area contributed by atoms with Crippen molar-refractivity contribution in [3.63, 3.8) is 0 Å². The van der Waals surface area contributed by atoms with Crippen LogP contribution in [-0.2, 0) is 14.8 Å². The predicted molar refractivity (Wildman–Crippen MR) is 118 cm³/mol. The highest BCUT2D eigenvalue weighted by molar-refractivity contribution is 7.89. The molecule has 1 aromatic rings. The fraction of sp³-hybridized carbons (Fsp3) is 0.636. The van der Waals surface area contributed by atoms with Crippen LogP contribution in [0.2, 0.25) is 0 Å². The van der Waals surface area contributed by atoms with Gasteiger partial charge in [-0.1, -0.05) is 32.3 Å². The Bertz CT molecular complexity index is 842. The monoisotopic (exact) mass is 435 g/mol. The number of amides is 2. The third-order valence-electron chi connectivity index (χ3n) is 6.01. The summed E-state index contributed by atoms with van der Waals surface area (Å²) in [6.45, 7) is 2.73. The van der Waals surface area contributed by atoms with Gasteiger partial charge in [-0.2, -0.15) is 0 Å². The molecular weight excluding hydrogens is 402 g/mol. The lowest BCUT2D eigenvalue weighted by Gasteiger charge is -2.31. The fourth-order valence-corrected chi connectivity index (χ4v) is 5.82. The summed E-state index contributed by atoms with van der Waals surface area (Å²) in [6, 6.07) is 6.95.